The first-order valence-corrected chi connectivity index (χ1v) is 28.5. The molecule has 63 heavy (non-hydrogen) atoms. The van der Waals surface area contributed by atoms with Crippen molar-refractivity contribution in [3.63, 3.8) is 0 Å². The number of esters is 1. The number of allylic oxidation sites excluding steroid dienone is 1. The monoisotopic (exact) mass is 890 g/mol. The zero-order chi connectivity index (χ0) is 45.8. The highest BCUT2D eigenvalue weighted by Gasteiger charge is 2.18. The van der Waals surface area contributed by atoms with Crippen LogP contribution in [-0.4, -0.2) is 47.4 Å². The van der Waals surface area contributed by atoms with Gasteiger partial charge in [-0.2, -0.15) is 0 Å². The normalized spacial score (nSPS) is 12.6. The second-order valence-electron chi connectivity index (χ2n) is 19.6. The number of carbonyl (C=O) groups excluding carboxylic acids is 2. The van der Waals surface area contributed by atoms with Crippen molar-refractivity contribution in [2.24, 2.45) is 0 Å². The molecule has 0 saturated carbocycles. The van der Waals surface area contributed by atoms with Crippen LogP contribution in [0.1, 0.15) is 316 Å². The first-order chi connectivity index (χ1) is 31.0. The lowest BCUT2D eigenvalue weighted by Gasteiger charge is -2.20. The van der Waals surface area contributed by atoms with Crippen LogP contribution in [0.25, 0.3) is 0 Å². The summed E-state index contributed by atoms with van der Waals surface area (Å²) in [6.45, 7) is 4.90. The third-order valence-electron chi connectivity index (χ3n) is 13.3. The van der Waals surface area contributed by atoms with Gasteiger partial charge >= 0.3 is 5.97 Å². The van der Waals surface area contributed by atoms with Crippen molar-refractivity contribution in [3.05, 3.63) is 12.2 Å². The lowest BCUT2D eigenvalue weighted by Crippen LogP contribution is -2.45. The van der Waals surface area contributed by atoms with E-state index in [1.807, 2.05) is 6.08 Å². The van der Waals surface area contributed by atoms with Gasteiger partial charge in [0.2, 0.25) is 5.91 Å². The predicted molar refractivity (Wildman–Crippen MR) is 273 cm³/mol. The Balaban J connectivity index is 3.45. The molecule has 3 N–H and O–H groups in total. The molecular formula is C57H111NO5. The number of carbonyl (C=O) groups is 2. The standard InChI is InChI=1S/C57H111NO5/c1-3-5-7-9-11-13-15-17-19-21-23-27-31-35-39-43-47-51-57(62)63-52-48-44-40-36-32-28-24-26-30-34-38-42-46-50-56(61)58-54(53-59)55(60)49-45-41-37-33-29-25-22-20-18-16-14-12-10-8-6-4-2/h45,49,54-55,59-60H,3-44,46-48,50-53H2,1-2H3,(H,58,61)/b49-45+. The van der Waals surface area contributed by atoms with Crippen LogP contribution in [0.15, 0.2) is 12.2 Å². The fraction of sp³-hybridized carbons (Fsp3) is 0.930. The molecule has 0 fully saturated rings. The van der Waals surface area contributed by atoms with E-state index in [-0.39, 0.29) is 18.5 Å². The number of amides is 1. The van der Waals surface area contributed by atoms with Crippen molar-refractivity contribution >= 4 is 11.9 Å². The molecule has 0 spiro atoms. The Morgan fingerprint density at radius 1 is 0.429 bits per heavy atom. The van der Waals surface area contributed by atoms with Crippen molar-refractivity contribution in [1.82, 2.24) is 5.32 Å². The van der Waals surface area contributed by atoms with Gasteiger partial charge in [0.1, 0.15) is 0 Å². The maximum absolute atomic E-state index is 12.5. The quantitative estimate of drug-likeness (QED) is 0.0321. The van der Waals surface area contributed by atoms with Crippen molar-refractivity contribution in [3.8, 4) is 0 Å². The van der Waals surface area contributed by atoms with Gasteiger partial charge in [0, 0.05) is 12.8 Å². The van der Waals surface area contributed by atoms with E-state index in [2.05, 4.69) is 19.2 Å². The highest BCUT2D eigenvalue weighted by molar-refractivity contribution is 5.76. The third-order valence-corrected chi connectivity index (χ3v) is 13.3. The SMILES string of the molecule is CCCCCCCCCCCCCCCC/C=C/C(O)C(CO)NC(=O)CCCCCCCCCCCCCCCOC(=O)CCCCCCCCCCCCCCCCCCC. The molecule has 0 saturated heterocycles. The van der Waals surface area contributed by atoms with Gasteiger partial charge in [-0.25, -0.2) is 0 Å². The Kier molecular flexibility index (Phi) is 52.0. The largest absolute Gasteiger partial charge is 0.466 e. The molecule has 0 bridgehead atoms. The van der Waals surface area contributed by atoms with E-state index in [0.29, 0.717) is 19.4 Å². The molecule has 0 aromatic rings. The van der Waals surface area contributed by atoms with Crippen molar-refractivity contribution in [2.75, 3.05) is 13.2 Å². The second-order valence-corrected chi connectivity index (χ2v) is 19.6. The molecule has 2 unspecified atom stereocenters. The van der Waals surface area contributed by atoms with E-state index in [1.54, 1.807) is 6.08 Å². The van der Waals surface area contributed by atoms with Gasteiger partial charge in [0.05, 0.1) is 25.4 Å². The zero-order valence-corrected chi connectivity index (χ0v) is 42.6. The van der Waals surface area contributed by atoms with Crippen molar-refractivity contribution in [1.29, 1.82) is 0 Å². The molecule has 0 aliphatic heterocycles. The average Bonchev–Trinajstić information content (AvgIpc) is 3.28. The highest BCUT2D eigenvalue weighted by Crippen LogP contribution is 2.17. The van der Waals surface area contributed by atoms with Crippen LogP contribution in [0.5, 0.6) is 0 Å². The Labute approximate surface area is 393 Å². The van der Waals surface area contributed by atoms with Gasteiger partial charge in [-0.3, -0.25) is 9.59 Å². The Bertz CT molecular complexity index is 939. The van der Waals surface area contributed by atoms with E-state index in [0.717, 1.165) is 57.8 Å². The van der Waals surface area contributed by atoms with Crippen LogP contribution >= 0.6 is 0 Å². The lowest BCUT2D eigenvalue weighted by atomic mass is 10.0. The number of unbranched alkanes of at least 4 members (excludes halogenated alkanes) is 42. The number of aliphatic hydroxyl groups excluding tert-OH is 2. The van der Waals surface area contributed by atoms with Crippen LogP contribution in [0.2, 0.25) is 0 Å². The minimum atomic E-state index is -0.852. The number of nitrogens with one attached hydrogen (secondary N) is 1. The van der Waals surface area contributed by atoms with Gasteiger partial charge in [-0.15, -0.1) is 0 Å². The molecule has 0 aromatic carbocycles. The summed E-state index contributed by atoms with van der Waals surface area (Å²) >= 11 is 0. The molecule has 0 aliphatic rings. The van der Waals surface area contributed by atoms with Gasteiger partial charge in [0.25, 0.3) is 0 Å². The molecule has 2 atom stereocenters. The highest BCUT2D eigenvalue weighted by atomic mass is 16.5. The van der Waals surface area contributed by atoms with Crippen molar-refractivity contribution < 1.29 is 24.5 Å². The van der Waals surface area contributed by atoms with Crippen LogP contribution < -0.4 is 5.32 Å². The maximum atomic E-state index is 12.5. The third kappa shape index (κ3) is 49.9. The Morgan fingerprint density at radius 2 is 0.730 bits per heavy atom. The predicted octanol–water partition coefficient (Wildman–Crippen LogP) is 17.3. The smallest absolute Gasteiger partial charge is 0.305 e. The molecule has 6 heteroatoms. The first kappa shape index (κ1) is 61.6. The van der Waals surface area contributed by atoms with Crippen LogP contribution in [-0.2, 0) is 14.3 Å². The molecule has 0 aliphatic carbocycles. The van der Waals surface area contributed by atoms with E-state index < -0.39 is 12.1 Å². The summed E-state index contributed by atoms with van der Waals surface area (Å²) < 4.78 is 5.48. The Hall–Kier alpha value is -1.40. The molecule has 0 radical (unpaired) electrons. The van der Waals surface area contributed by atoms with Gasteiger partial charge < -0.3 is 20.3 Å². The molecule has 1 amide bonds. The Morgan fingerprint density at radius 3 is 1.08 bits per heavy atom. The fourth-order valence-electron chi connectivity index (χ4n) is 8.93. The molecule has 0 heterocycles. The molecule has 0 rings (SSSR count). The van der Waals surface area contributed by atoms with Crippen LogP contribution in [0, 0.1) is 0 Å². The first-order valence-electron chi connectivity index (χ1n) is 28.5. The summed E-state index contributed by atoms with van der Waals surface area (Å²) in [5.74, 6) is -0.0807. The topological polar surface area (TPSA) is 95.9 Å². The van der Waals surface area contributed by atoms with Gasteiger partial charge in [-0.05, 0) is 32.1 Å². The minimum Gasteiger partial charge on any atom is -0.466 e. The molecule has 374 valence electrons. The summed E-state index contributed by atoms with van der Waals surface area (Å²) in [5.41, 5.74) is 0. The minimum absolute atomic E-state index is 0.00239. The van der Waals surface area contributed by atoms with Crippen LogP contribution in [0.3, 0.4) is 0 Å². The molecule has 0 aromatic heterocycles. The van der Waals surface area contributed by atoms with Gasteiger partial charge in [0.15, 0.2) is 0 Å². The average molecular weight is 891 g/mol. The van der Waals surface area contributed by atoms with E-state index in [9.17, 15) is 19.8 Å². The zero-order valence-electron chi connectivity index (χ0n) is 42.6. The van der Waals surface area contributed by atoms with Gasteiger partial charge in [-0.1, -0.05) is 283 Å². The molecular weight excluding hydrogens is 779 g/mol. The van der Waals surface area contributed by atoms with Crippen LogP contribution in [0.4, 0.5) is 0 Å². The van der Waals surface area contributed by atoms with Crippen molar-refractivity contribution in [2.45, 2.75) is 328 Å². The number of aliphatic hydroxyl groups is 2. The van der Waals surface area contributed by atoms with E-state index >= 15 is 0 Å². The van der Waals surface area contributed by atoms with E-state index in [1.165, 1.54) is 231 Å². The summed E-state index contributed by atoms with van der Waals surface area (Å²) in [5, 5.41) is 23.1. The molecule has 6 nitrogen and oxygen atoms in total. The number of ether oxygens (including phenoxy) is 1. The summed E-state index contributed by atoms with van der Waals surface area (Å²) in [6, 6.07) is -0.636. The van der Waals surface area contributed by atoms with E-state index in [4.69, 9.17) is 4.74 Å². The lowest BCUT2D eigenvalue weighted by molar-refractivity contribution is -0.143. The fourth-order valence-corrected chi connectivity index (χ4v) is 8.93. The number of hydrogen-bond donors (Lipinski definition) is 3. The number of rotatable bonds is 53. The maximum Gasteiger partial charge on any atom is 0.305 e. The second kappa shape index (κ2) is 53.2. The summed E-state index contributed by atoms with van der Waals surface area (Å²) in [4.78, 5) is 24.5. The summed E-state index contributed by atoms with van der Waals surface area (Å²) in [7, 11) is 0. The summed E-state index contributed by atoms with van der Waals surface area (Å²) in [6.07, 6.45) is 62.2. The number of hydrogen-bond acceptors (Lipinski definition) is 5.